The molecule has 0 fully saturated rings. The van der Waals surface area contributed by atoms with Crippen LogP contribution < -0.4 is 0 Å². The average molecular weight is 370 g/mol. The molecule has 9 heteroatoms. The maximum absolute atomic E-state index is 12.6. The predicted molar refractivity (Wildman–Crippen MR) is 94.7 cm³/mol. The number of nitrogens with zero attached hydrogens (tertiary/aromatic N) is 4. The van der Waals surface area contributed by atoms with E-state index in [2.05, 4.69) is 4.98 Å². The van der Waals surface area contributed by atoms with Gasteiger partial charge in [-0.2, -0.15) is 0 Å². The number of rotatable bonds is 7. The number of ketones is 1. The van der Waals surface area contributed by atoms with Crippen molar-refractivity contribution < 1.29 is 19.6 Å². The summed E-state index contributed by atoms with van der Waals surface area (Å²) < 4.78 is 1.83. The Kier molecular flexibility index (Phi) is 5.02. The molecule has 1 aromatic heterocycles. The van der Waals surface area contributed by atoms with Gasteiger partial charge in [-0.1, -0.05) is 12.1 Å². The van der Waals surface area contributed by atoms with Crippen molar-refractivity contribution in [2.24, 2.45) is 0 Å². The molecule has 3 rings (SSSR count). The van der Waals surface area contributed by atoms with Gasteiger partial charge in [-0.25, -0.2) is 4.98 Å². The number of aliphatic hydroxyl groups is 1. The van der Waals surface area contributed by atoms with Crippen molar-refractivity contribution in [2.75, 3.05) is 6.54 Å². The second kappa shape index (κ2) is 7.40. The number of hydrogen-bond acceptors (Lipinski definition) is 6. The molecule has 0 saturated heterocycles. The molecule has 1 N–H and O–H groups in total. The first-order valence-electron chi connectivity index (χ1n) is 8.36. The average Bonchev–Trinajstić information content (AvgIpc) is 3.23. The summed E-state index contributed by atoms with van der Waals surface area (Å²) in [7, 11) is 0. The molecule has 1 aromatic carbocycles. The number of aromatic nitrogens is 2. The number of imidazole rings is 1. The summed E-state index contributed by atoms with van der Waals surface area (Å²) in [6.45, 7) is 2.02. The third kappa shape index (κ3) is 3.43. The van der Waals surface area contributed by atoms with Crippen molar-refractivity contribution in [1.82, 2.24) is 14.5 Å². The van der Waals surface area contributed by atoms with Crippen LogP contribution >= 0.6 is 0 Å². The molecule has 0 saturated carbocycles. The summed E-state index contributed by atoms with van der Waals surface area (Å²) in [5, 5.41) is 21.6. The first-order chi connectivity index (χ1) is 12.9. The Morgan fingerprint density at radius 1 is 1.33 bits per heavy atom. The maximum atomic E-state index is 12.6. The highest BCUT2D eigenvalue weighted by molar-refractivity contribution is 6.08. The van der Waals surface area contributed by atoms with Crippen molar-refractivity contribution in [3.05, 3.63) is 70.0 Å². The number of Topliss-reactive ketones (excluding diaryl/α,β-unsaturated/α-hetero) is 1. The number of hydrogen-bond donors (Lipinski definition) is 1. The molecular weight excluding hydrogens is 352 g/mol. The minimum atomic E-state index is -0.987. The van der Waals surface area contributed by atoms with E-state index in [1.807, 2.05) is 4.57 Å². The van der Waals surface area contributed by atoms with Crippen molar-refractivity contribution in [3.8, 4) is 0 Å². The summed E-state index contributed by atoms with van der Waals surface area (Å²) in [4.78, 5) is 40.8. The van der Waals surface area contributed by atoms with Gasteiger partial charge in [0.05, 0.1) is 28.4 Å². The SMILES string of the molecule is CC(=O)C1=C(O)C(=O)N(CCCn2ccnc2)[C@H]1c1ccccc1[N+](=O)[O-]. The third-order valence-corrected chi connectivity index (χ3v) is 4.49. The minimum Gasteiger partial charge on any atom is -0.503 e. The Labute approximate surface area is 154 Å². The van der Waals surface area contributed by atoms with Gasteiger partial charge in [-0.3, -0.25) is 19.7 Å². The van der Waals surface area contributed by atoms with E-state index >= 15 is 0 Å². The van der Waals surface area contributed by atoms with Gasteiger partial charge < -0.3 is 14.6 Å². The first kappa shape index (κ1) is 18.3. The van der Waals surface area contributed by atoms with Gasteiger partial charge in [-0.15, -0.1) is 0 Å². The van der Waals surface area contributed by atoms with Gasteiger partial charge in [0.2, 0.25) is 0 Å². The summed E-state index contributed by atoms with van der Waals surface area (Å²) >= 11 is 0. The smallest absolute Gasteiger partial charge is 0.290 e. The number of nitro benzene ring substituents is 1. The monoisotopic (exact) mass is 370 g/mol. The second-order valence-electron chi connectivity index (χ2n) is 6.19. The van der Waals surface area contributed by atoms with E-state index < -0.39 is 28.4 Å². The van der Waals surface area contributed by atoms with E-state index in [0.717, 1.165) is 0 Å². The van der Waals surface area contributed by atoms with Crippen LogP contribution in [0.5, 0.6) is 0 Å². The highest BCUT2D eigenvalue weighted by Crippen LogP contribution is 2.41. The van der Waals surface area contributed by atoms with E-state index in [0.29, 0.717) is 13.0 Å². The number of aryl methyl sites for hydroxylation is 1. The Morgan fingerprint density at radius 2 is 2.07 bits per heavy atom. The number of carbonyl (C=O) groups is 2. The molecule has 0 spiro atoms. The lowest BCUT2D eigenvalue weighted by Crippen LogP contribution is -2.32. The van der Waals surface area contributed by atoms with Crippen molar-refractivity contribution in [3.63, 3.8) is 0 Å². The molecular formula is C18H18N4O5. The normalized spacial score (nSPS) is 16.9. The van der Waals surface area contributed by atoms with Crippen LogP contribution in [0.25, 0.3) is 0 Å². The number of carbonyl (C=O) groups excluding carboxylic acids is 2. The van der Waals surface area contributed by atoms with E-state index in [1.54, 1.807) is 24.8 Å². The third-order valence-electron chi connectivity index (χ3n) is 4.49. The summed E-state index contributed by atoms with van der Waals surface area (Å²) in [5.41, 5.74) is -0.118. The molecule has 1 aliphatic heterocycles. The molecule has 1 atom stereocenters. The Balaban J connectivity index is 1.95. The molecule has 2 aromatic rings. The zero-order chi connectivity index (χ0) is 19.6. The maximum Gasteiger partial charge on any atom is 0.290 e. The van der Waals surface area contributed by atoms with Crippen LogP contribution in [0.2, 0.25) is 0 Å². The molecule has 2 heterocycles. The molecule has 0 bridgehead atoms. The van der Waals surface area contributed by atoms with Crippen LogP contribution in [0, 0.1) is 10.1 Å². The van der Waals surface area contributed by atoms with Gasteiger partial charge >= 0.3 is 0 Å². The van der Waals surface area contributed by atoms with Crippen LogP contribution in [0.1, 0.15) is 24.9 Å². The minimum absolute atomic E-state index is 0.114. The lowest BCUT2D eigenvalue weighted by Gasteiger charge is -2.26. The van der Waals surface area contributed by atoms with Crippen LogP contribution in [-0.2, 0) is 16.1 Å². The largest absolute Gasteiger partial charge is 0.503 e. The molecule has 9 nitrogen and oxygen atoms in total. The van der Waals surface area contributed by atoms with Crippen LogP contribution in [0.15, 0.2) is 54.3 Å². The number of nitro groups is 1. The summed E-state index contributed by atoms with van der Waals surface area (Å²) in [5.74, 6) is -1.84. The lowest BCUT2D eigenvalue weighted by molar-refractivity contribution is -0.385. The predicted octanol–water partition coefficient (Wildman–Crippen LogP) is 2.17. The zero-order valence-corrected chi connectivity index (χ0v) is 14.6. The van der Waals surface area contributed by atoms with Gasteiger partial charge in [0.25, 0.3) is 11.6 Å². The topological polar surface area (TPSA) is 119 Å². The van der Waals surface area contributed by atoms with E-state index in [9.17, 15) is 24.8 Å². The lowest BCUT2D eigenvalue weighted by atomic mass is 9.95. The van der Waals surface area contributed by atoms with Crippen LogP contribution in [-0.4, -0.2) is 42.7 Å². The first-order valence-corrected chi connectivity index (χ1v) is 8.36. The molecule has 27 heavy (non-hydrogen) atoms. The fourth-order valence-electron chi connectivity index (χ4n) is 3.29. The van der Waals surface area contributed by atoms with Crippen molar-refractivity contribution in [2.45, 2.75) is 25.9 Å². The van der Waals surface area contributed by atoms with E-state index in [4.69, 9.17) is 0 Å². The number of amides is 1. The van der Waals surface area contributed by atoms with Gasteiger partial charge in [-0.05, 0) is 19.4 Å². The van der Waals surface area contributed by atoms with Crippen molar-refractivity contribution in [1.29, 1.82) is 0 Å². The van der Waals surface area contributed by atoms with E-state index in [-0.39, 0.29) is 23.4 Å². The van der Waals surface area contributed by atoms with Crippen molar-refractivity contribution >= 4 is 17.4 Å². The highest BCUT2D eigenvalue weighted by Gasteiger charge is 2.44. The molecule has 0 radical (unpaired) electrons. The molecule has 0 unspecified atom stereocenters. The zero-order valence-electron chi connectivity index (χ0n) is 14.6. The number of aliphatic hydroxyl groups excluding tert-OH is 1. The second-order valence-corrected chi connectivity index (χ2v) is 6.19. The summed E-state index contributed by atoms with van der Waals surface area (Å²) in [6.07, 6.45) is 5.58. The highest BCUT2D eigenvalue weighted by atomic mass is 16.6. The molecule has 1 amide bonds. The van der Waals surface area contributed by atoms with Gasteiger partial charge in [0.15, 0.2) is 11.5 Å². The van der Waals surface area contributed by atoms with Gasteiger partial charge in [0.1, 0.15) is 0 Å². The number of para-hydroxylation sites is 1. The van der Waals surface area contributed by atoms with Crippen LogP contribution in [0.4, 0.5) is 5.69 Å². The van der Waals surface area contributed by atoms with E-state index in [1.165, 1.54) is 30.0 Å². The number of benzene rings is 1. The molecule has 0 aliphatic carbocycles. The Hall–Kier alpha value is -3.49. The Bertz CT molecular complexity index is 920. The molecule has 1 aliphatic rings. The fourth-order valence-corrected chi connectivity index (χ4v) is 3.29. The quantitative estimate of drug-likeness (QED) is 0.589. The Morgan fingerprint density at radius 3 is 2.70 bits per heavy atom. The molecule has 140 valence electrons. The fraction of sp³-hybridized carbons (Fsp3) is 0.278. The van der Waals surface area contributed by atoms with Crippen LogP contribution in [0.3, 0.4) is 0 Å². The summed E-state index contributed by atoms with van der Waals surface area (Å²) in [6, 6.07) is 4.94. The van der Waals surface area contributed by atoms with Gasteiger partial charge in [0, 0.05) is 31.5 Å². The standard InChI is InChI=1S/C18H18N4O5/c1-12(23)15-16(13-5-2-3-6-14(13)22(26)27)21(18(25)17(15)24)9-4-8-20-10-7-19-11-20/h2-3,5-7,10-11,16,24H,4,8-9H2,1H3/t16-/m0/s1.